The summed E-state index contributed by atoms with van der Waals surface area (Å²) >= 11 is 0. The number of anilines is 1. The van der Waals surface area contributed by atoms with Gasteiger partial charge in [-0.2, -0.15) is 18.3 Å². The minimum absolute atomic E-state index is 0.0225. The van der Waals surface area contributed by atoms with Crippen molar-refractivity contribution in [1.82, 2.24) is 10.2 Å². The number of nitrogens with one attached hydrogen (secondary N) is 1. The third-order valence-electron chi connectivity index (χ3n) is 3.12. The molecule has 9 heteroatoms. The Kier molecular flexibility index (Phi) is 3.90. The molecule has 0 aliphatic carbocycles. The number of hydrogen-bond donors (Lipinski definition) is 1. The number of alkyl halides is 3. The van der Waals surface area contributed by atoms with Crippen LogP contribution in [0.15, 0.2) is 6.07 Å². The molecule has 1 aromatic heterocycles. The number of halogens is 3. The molecule has 112 valence electrons. The van der Waals surface area contributed by atoms with Gasteiger partial charge in [0.1, 0.15) is 15.4 Å². The summed E-state index contributed by atoms with van der Waals surface area (Å²) in [6.07, 6.45) is -3.98. The Bertz CT molecular complexity index is 587. The topological polar surface area (TPSA) is 72.0 Å². The van der Waals surface area contributed by atoms with E-state index in [0.29, 0.717) is 0 Å². The average Bonchev–Trinajstić information content (AvgIpc) is 2.33. The minimum Gasteiger partial charge on any atom is -0.365 e. The predicted molar refractivity (Wildman–Crippen MR) is 67.1 cm³/mol. The van der Waals surface area contributed by atoms with Crippen molar-refractivity contribution in [3.63, 3.8) is 0 Å². The SMILES string of the molecule is Cc1cc(C(F)(F)F)c(NC2CCS(=O)(=O)CC2)nn1. The van der Waals surface area contributed by atoms with Crippen molar-refractivity contribution in [3.05, 3.63) is 17.3 Å². The molecule has 0 amide bonds. The van der Waals surface area contributed by atoms with E-state index in [1.54, 1.807) is 0 Å². The molecule has 1 aliphatic heterocycles. The zero-order chi connectivity index (χ0) is 15.0. The molecule has 0 atom stereocenters. The van der Waals surface area contributed by atoms with Crippen molar-refractivity contribution in [2.45, 2.75) is 32.0 Å². The predicted octanol–water partition coefficient (Wildman–Crippen LogP) is 1.79. The van der Waals surface area contributed by atoms with Crippen molar-refractivity contribution < 1.29 is 21.6 Å². The fourth-order valence-corrected chi connectivity index (χ4v) is 3.53. The summed E-state index contributed by atoms with van der Waals surface area (Å²) in [5.74, 6) is -0.385. The molecular formula is C11H14F3N3O2S. The van der Waals surface area contributed by atoms with Gasteiger partial charge < -0.3 is 5.32 Å². The third-order valence-corrected chi connectivity index (χ3v) is 4.83. The van der Waals surface area contributed by atoms with Gasteiger partial charge in [-0.15, -0.1) is 5.10 Å². The number of aryl methyl sites for hydroxylation is 1. The molecule has 5 nitrogen and oxygen atoms in total. The van der Waals surface area contributed by atoms with Crippen molar-refractivity contribution >= 4 is 15.7 Å². The van der Waals surface area contributed by atoms with Crippen molar-refractivity contribution in [3.8, 4) is 0 Å². The standard InChI is InChI=1S/C11H14F3N3O2S/c1-7-6-9(11(12,13)14)10(17-16-7)15-8-2-4-20(18,19)5-3-8/h6,8H,2-5H2,1H3,(H,15,17). The second kappa shape index (κ2) is 5.19. The second-order valence-electron chi connectivity index (χ2n) is 4.82. The van der Waals surface area contributed by atoms with E-state index in [0.717, 1.165) is 6.07 Å². The summed E-state index contributed by atoms with van der Waals surface area (Å²) in [4.78, 5) is 0. The minimum atomic E-state index is -4.52. The molecule has 0 aromatic carbocycles. The monoisotopic (exact) mass is 309 g/mol. The lowest BCUT2D eigenvalue weighted by atomic mass is 10.1. The molecule has 1 saturated heterocycles. The van der Waals surface area contributed by atoms with E-state index < -0.39 is 21.6 Å². The van der Waals surface area contributed by atoms with Crippen LogP contribution < -0.4 is 5.32 Å². The van der Waals surface area contributed by atoms with E-state index in [-0.39, 0.29) is 41.9 Å². The van der Waals surface area contributed by atoms with Gasteiger partial charge >= 0.3 is 6.18 Å². The third kappa shape index (κ3) is 3.59. The van der Waals surface area contributed by atoms with Crippen LogP contribution in [-0.2, 0) is 16.0 Å². The molecule has 0 saturated carbocycles. The first kappa shape index (κ1) is 15.0. The molecule has 1 aliphatic rings. The van der Waals surface area contributed by atoms with Crippen molar-refractivity contribution in [1.29, 1.82) is 0 Å². The molecule has 1 N–H and O–H groups in total. The molecule has 20 heavy (non-hydrogen) atoms. The first-order valence-corrected chi connectivity index (χ1v) is 7.88. The molecule has 0 radical (unpaired) electrons. The molecule has 2 rings (SSSR count). The fourth-order valence-electron chi connectivity index (χ4n) is 2.04. The van der Waals surface area contributed by atoms with E-state index in [4.69, 9.17) is 0 Å². The van der Waals surface area contributed by atoms with Gasteiger partial charge in [0.05, 0.1) is 17.2 Å². The zero-order valence-electron chi connectivity index (χ0n) is 10.7. The van der Waals surface area contributed by atoms with E-state index in [9.17, 15) is 21.6 Å². The number of hydrogen-bond acceptors (Lipinski definition) is 5. The summed E-state index contributed by atoms with van der Waals surface area (Å²) < 4.78 is 61.3. The highest BCUT2D eigenvalue weighted by Crippen LogP contribution is 2.34. The summed E-state index contributed by atoms with van der Waals surface area (Å²) in [7, 11) is -3.05. The molecule has 0 bridgehead atoms. The molecule has 1 fully saturated rings. The van der Waals surface area contributed by atoms with Crippen LogP contribution in [0.5, 0.6) is 0 Å². The van der Waals surface area contributed by atoms with Crippen LogP contribution in [0.1, 0.15) is 24.1 Å². The number of rotatable bonds is 2. The Morgan fingerprint density at radius 2 is 1.85 bits per heavy atom. The summed E-state index contributed by atoms with van der Waals surface area (Å²) in [5.41, 5.74) is -0.701. The van der Waals surface area contributed by atoms with Crippen LogP contribution in [-0.4, -0.2) is 36.2 Å². The highest BCUT2D eigenvalue weighted by atomic mass is 32.2. The van der Waals surface area contributed by atoms with Gasteiger partial charge in [-0.1, -0.05) is 0 Å². The van der Waals surface area contributed by atoms with Gasteiger partial charge in [-0.25, -0.2) is 8.42 Å². The summed E-state index contributed by atoms with van der Waals surface area (Å²) in [6.45, 7) is 1.43. The van der Waals surface area contributed by atoms with Crippen LogP contribution >= 0.6 is 0 Å². The molecular weight excluding hydrogens is 295 g/mol. The Hall–Kier alpha value is -1.38. The van der Waals surface area contributed by atoms with Crippen LogP contribution in [0.4, 0.5) is 19.0 Å². The maximum atomic E-state index is 12.9. The molecule has 2 heterocycles. The Balaban J connectivity index is 2.18. The first-order chi connectivity index (χ1) is 9.17. The molecule has 0 spiro atoms. The average molecular weight is 309 g/mol. The smallest absolute Gasteiger partial charge is 0.365 e. The van der Waals surface area contributed by atoms with Crippen LogP contribution in [0.2, 0.25) is 0 Å². The van der Waals surface area contributed by atoms with E-state index in [2.05, 4.69) is 15.5 Å². The number of sulfone groups is 1. The highest BCUT2D eigenvalue weighted by molar-refractivity contribution is 7.91. The van der Waals surface area contributed by atoms with Crippen LogP contribution in [0.3, 0.4) is 0 Å². The zero-order valence-corrected chi connectivity index (χ0v) is 11.6. The lowest BCUT2D eigenvalue weighted by molar-refractivity contribution is -0.137. The Morgan fingerprint density at radius 1 is 1.25 bits per heavy atom. The van der Waals surface area contributed by atoms with Gasteiger partial charge in [0.2, 0.25) is 0 Å². The number of nitrogens with zero attached hydrogens (tertiary/aromatic N) is 2. The van der Waals surface area contributed by atoms with E-state index in [1.165, 1.54) is 6.92 Å². The highest BCUT2D eigenvalue weighted by Gasteiger charge is 2.36. The quantitative estimate of drug-likeness (QED) is 0.902. The molecule has 1 aromatic rings. The first-order valence-electron chi connectivity index (χ1n) is 6.06. The van der Waals surface area contributed by atoms with Gasteiger partial charge in [0.25, 0.3) is 0 Å². The van der Waals surface area contributed by atoms with Gasteiger partial charge in [0.15, 0.2) is 5.82 Å². The maximum Gasteiger partial charge on any atom is 0.420 e. The van der Waals surface area contributed by atoms with Crippen LogP contribution in [0, 0.1) is 6.92 Å². The van der Waals surface area contributed by atoms with Crippen molar-refractivity contribution in [2.24, 2.45) is 0 Å². The van der Waals surface area contributed by atoms with Crippen molar-refractivity contribution in [2.75, 3.05) is 16.8 Å². The van der Waals surface area contributed by atoms with E-state index in [1.807, 2.05) is 0 Å². The van der Waals surface area contributed by atoms with Gasteiger partial charge in [-0.3, -0.25) is 0 Å². The normalized spacial score (nSPS) is 19.8. The Morgan fingerprint density at radius 3 is 2.40 bits per heavy atom. The lowest BCUT2D eigenvalue weighted by Crippen LogP contribution is -2.33. The van der Waals surface area contributed by atoms with Gasteiger partial charge in [0, 0.05) is 6.04 Å². The maximum absolute atomic E-state index is 12.9. The Labute approximate surface area is 114 Å². The lowest BCUT2D eigenvalue weighted by Gasteiger charge is -2.24. The second-order valence-corrected chi connectivity index (χ2v) is 7.12. The van der Waals surface area contributed by atoms with E-state index >= 15 is 0 Å². The summed E-state index contributed by atoms with van der Waals surface area (Å²) in [6, 6.07) is 0.589. The van der Waals surface area contributed by atoms with Gasteiger partial charge in [-0.05, 0) is 25.8 Å². The summed E-state index contributed by atoms with van der Waals surface area (Å²) in [5, 5.41) is 9.82. The molecule has 0 unspecified atom stereocenters. The fraction of sp³-hybridized carbons (Fsp3) is 0.636. The largest absolute Gasteiger partial charge is 0.420 e. The van der Waals surface area contributed by atoms with Crippen LogP contribution in [0.25, 0.3) is 0 Å². The number of aromatic nitrogens is 2.